The number of hydrogen-bond donors (Lipinski definition) is 1. The van der Waals surface area contributed by atoms with Gasteiger partial charge in [-0.05, 0) is 63.4 Å². The summed E-state index contributed by atoms with van der Waals surface area (Å²) in [6.07, 6.45) is 0. The van der Waals surface area contributed by atoms with Crippen LogP contribution in [0.3, 0.4) is 0 Å². The topological polar surface area (TPSA) is 64.7 Å². The van der Waals surface area contributed by atoms with Crippen molar-refractivity contribution < 1.29 is 4.79 Å². The number of carbonyl (C=O) groups is 1. The average molecular weight is 462 g/mol. The maximum atomic E-state index is 13.1. The Bertz CT molecular complexity index is 1330. The number of anilines is 1. The van der Waals surface area contributed by atoms with E-state index in [1.54, 1.807) is 0 Å². The van der Waals surface area contributed by atoms with E-state index in [4.69, 9.17) is 11.6 Å². The first-order valence-corrected chi connectivity index (χ1v) is 11.3. The summed E-state index contributed by atoms with van der Waals surface area (Å²) in [4.78, 5) is 13.1. The van der Waals surface area contributed by atoms with Gasteiger partial charge in [0.1, 0.15) is 0 Å². The van der Waals surface area contributed by atoms with Gasteiger partial charge in [-0.1, -0.05) is 48.0 Å². The highest BCUT2D eigenvalue weighted by molar-refractivity contribution is 6.31. The highest BCUT2D eigenvalue weighted by atomic mass is 35.5. The summed E-state index contributed by atoms with van der Waals surface area (Å²) < 4.78 is 3.80. The van der Waals surface area contributed by atoms with E-state index in [2.05, 4.69) is 34.6 Å². The molecule has 0 saturated heterocycles. The molecule has 0 bridgehead atoms. The molecule has 0 aliphatic carbocycles. The molecule has 0 fully saturated rings. The standard InChI is InChI=1S/C26H28ClN5O/c1-16-9-6-7-11-23(16)15-32-20(5)25(18(3)30-32)28-26(33)22-12-8-10-21(13-22)14-31-19(4)24(27)17(2)29-31/h6-13H,14-15H2,1-5H3,(H,28,33). The SMILES string of the molecule is Cc1ccccc1Cn1nc(C)c(NC(=O)c2cccc(Cn3nc(C)c(Cl)c3C)c2)c1C. The monoisotopic (exact) mass is 461 g/mol. The number of halogens is 1. The number of carbonyl (C=O) groups excluding carboxylic acids is 1. The van der Waals surface area contributed by atoms with Crippen molar-refractivity contribution in [2.75, 3.05) is 5.32 Å². The molecule has 4 aromatic rings. The zero-order valence-corrected chi connectivity index (χ0v) is 20.4. The van der Waals surface area contributed by atoms with Crippen molar-refractivity contribution >= 4 is 23.2 Å². The number of hydrogen-bond acceptors (Lipinski definition) is 3. The Kier molecular flexibility index (Phi) is 6.38. The van der Waals surface area contributed by atoms with E-state index in [0.29, 0.717) is 23.7 Å². The summed E-state index contributed by atoms with van der Waals surface area (Å²) in [5.41, 5.74) is 8.19. The third kappa shape index (κ3) is 4.71. The molecule has 0 radical (unpaired) electrons. The van der Waals surface area contributed by atoms with E-state index in [1.165, 1.54) is 11.1 Å². The molecule has 0 atom stereocenters. The highest BCUT2D eigenvalue weighted by Gasteiger charge is 2.17. The fourth-order valence-electron chi connectivity index (χ4n) is 3.98. The Hall–Kier alpha value is -3.38. The van der Waals surface area contributed by atoms with Crippen LogP contribution >= 0.6 is 11.6 Å². The average Bonchev–Trinajstić information content (AvgIpc) is 3.19. The zero-order chi connectivity index (χ0) is 23.7. The Balaban J connectivity index is 1.53. The number of aryl methyl sites for hydroxylation is 3. The van der Waals surface area contributed by atoms with Gasteiger partial charge in [0.25, 0.3) is 5.91 Å². The van der Waals surface area contributed by atoms with E-state index in [1.807, 2.05) is 73.5 Å². The molecule has 0 spiro atoms. The largest absolute Gasteiger partial charge is 0.319 e. The predicted octanol–water partition coefficient (Wildman–Crippen LogP) is 5.62. The molecule has 1 amide bonds. The van der Waals surface area contributed by atoms with Gasteiger partial charge >= 0.3 is 0 Å². The molecule has 0 unspecified atom stereocenters. The van der Waals surface area contributed by atoms with Crippen LogP contribution in [0.1, 0.15) is 49.8 Å². The number of rotatable bonds is 6. The van der Waals surface area contributed by atoms with E-state index in [9.17, 15) is 4.79 Å². The van der Waals surface area contributed by atoms with Gasteiger partial charge in [0.2, 0.25) is 0 Å². The summed E-state index contributed by atoms with van der Waals surface area (Å²) >= 11 is 6.27. The fraction of sp³-hybridized carbons (Fsp3) is 0.269. The lowest BCUT2D eigenvalue weighted by Gasteiger charge is -2.10. The van der Waals surface area contributed by atoms with Crippen molar-refractivity contribution in [3.8, 4) is 0 Å². The first-order valence-electron chi connectivity index (χ1n) is 10.9. The van der Waals surface area contributed by atoms with Crippen LogP contribution in [0.2, 0.25) is 5.02 Å². The highest BCUT2D eigenvalue weighted by Crippen LogP contribution is 2.23. The Labute approximate surface area is 199 Å². The minimum atomic E-state index is -0.162. The Morgan fingerprint density at radius 1 is 0.879 bits per heavy atom. The lowest BCUT2D eigenvalue weighted by atomic mass is 10.1. The summed E-state index contributed by atoms with van der Waals surface area (Å²) in [6.45, 7) is 11.0. The summed E-state index contributed by atoms with van der Waals surface area (Å²) in [5.74, 6) is -0.162. The van der Waals surface area contributed by atoms with Gasteiger partial charge in [0.05, 0.1) is 46.6 Å². The molecule has 33 heavy (non-hydrogen) atoms. The molecule has 2 heterocycles. The minimum Gasteiger partial charge on any atom is -0.319 e. The number of amides is 1. The fourth-order valence-corrected chi connectivity index (χ4v) is 4.11. The summed E-state index contributed by atoms with van der Waals surface area (Å²) in [7, 11) is 0. The van der Waals surface area contributed by atoms with Gasteiger partial charge in [-0.15, -0.1) is 0 Å². The first-order chi connectivity index (χ1) is 15.7. The van der Waals surface area contributed by atoms with Crippen molar-refractivity contribution in [2.45, 2.75) is 47.7 Å². The second-order valence-electron chi connectivity index (χ2n) is 8.43. The zero-order valence-electron chi connectivity index (χ0n) is 19.6. The van der Waals surface area contributed by atoms with Gasteiger partial charge in [-0.2, -0.15) is 10.2 Å². The van der Waals surface area contributed by atoms with Crippen molar-refractivity contribution in [1.29, 1.82) is 0 Å². The van der Waals surface area contributed by atoms with Crippen LogP contribution in [-0.4, -0.2) is 25.5 Å². The molecular weight excluding hydrogens is 434 g/mol. The molecule has 170 valence electrons. The molecule has 0 aliphatic rings. The number of nitrogens with one attached hydrogen (secondary N) is 1. The molecule has 7 heteroatoms. The maximum Gasteiger partial charge on any atom is 0.255 e. The Morgan fingerprint density at radius 2 is 1.58 bits per heavy atom. The van der Waals surface area contributed by atoms with Crippen LogP contribution in [0, 0.1) is 34.6 Å². The molecule has 0 aliphatic heterocycles. The third-order valence-electron chi connectivity index (χ3n) is 6.02. The molecular formula is C26H28ClN5O. The number of aromatic nitrogens is 4. The van der Waals surface area contributed by atoms with Gasteiger partial charge in [0.15, 0.2) is 0 Å². The van der Waals surface area contributed by atoms with Crippen LogP contribution < -0.4 is 5.32 Å². The van der Waals surface area contributed by atoms with Crippen molar-refractivity contribution in [2.24, 2.45) is 0 Å². The molecule has 6 nitrogen and oxygen atoms in total. The van der Waals surface area contributed by atoms with Crippen molar-refractivity contribution in [3.05, 3.63) is 98.6 Å². The number of benzene rings is 2. The third-order valence-corrected chi connectivity index (χ3v) is 6.56. The van der Waals surface area contributed by atoms with Crippen molar-refractivity contribution in [1.82, 2.24) is 19.6 Å². The van der Waals surface area contributed by atoms with Gasteiger partial charge in [-0.3, -0.25) is 14.2 Å². The maximum absolute atomic E-state index is 13.1. The molecule has 4 rings (SSSR count). The lowest BCUT2D eigenvalue weighted by molar-refractivity contribution is 0.102. The Morgan fingerprint density at radius 3 is 2.27 bits per heavy atom. The normalized spacial score (nSPS) is 11.1. The van der Waals surface area contributed by atoms with Crippen LogP contribution in [-0.2, 0) is 13.1 Å². The van der Waals surface area contributed by atoms with Crippen LogP contribution in [0.5, 0.6) is 0 Å². The number of nitrogens with zero attached hydrogens (tertiary/aromatic N) is 4. The van der Waals surface area contributed by atoms with E-state index >= 15 is 0 Å². The van der Waals surface area contributed by atoms with E-state index in [-0.39, 0.29) is 5.91 Å². The molecule has 1 N–H and O–H groups in total. The summed E-state index contributed by atoms with van der Waals surface area (Å²) in [6, 6.07) is 15.8. The smallest absolute Gasteiger partial charge is 0.255 e. The molecule has 2 aromatic carbocycles. The lowest BCUT2D eigenvalue weighted by Crippen LogP contribution is -2.14. The second kappa shape index (κ2) is 9.24. The van der Waals surface area contributed by atoms with Crippen LogP contribution in [0.25, 0.3) is 0 Å². The van der Waals surface area contributed by atoms with Gasteiger partial charge in [-0.25, -0.2) is 0 Å². The van der Waals surface area contributed by atoms with Crippen LogP contribution in [0.4, 0.5) is 5.69 Å². The molecule has 2 aromatic heterocycles. The predicted molar refractivity (Wildman–Crippen MR) is 132 cm³/mol. The van der Waals surface area contributed by atoms with Crippen molar-refractivity contribution in [3.63, 3.8) is 0 Å². The quantitative estimate of drug-likeness (QED) is 0.405. The van der Waals surface area contributed by atoms with Gasteiger partial charge in [0, 0.05) is 5.56 Å². The van der Waals surface area contributed by atoms with Gasteiger partial charge < -0.3 is 5.32 Å². The van der Waals surface area contributed by atoms with E-state index in [0.717, 1.165) is 34.0 Å². The first kappa shape index (κ1) is 22.8. The molecule has 0 saturated carbocycles. The second-order valence-corrected chi connectivity index (χ2v) is 8.80. The van der Waals surface area contributed by atoms with E-state index < -0.39 is 0 Å². The summed E-state index contributed by atoms with van der Waals surface area (Å²) in [5, 5.41) is 12.9. The van der Waals surface area contributed by atoms with Crippen LogP contribution in [0.15, 0.2) is 48.5 Å². The minimum absolute atomic E-state index is 0.162.